The Hall–Kier alpha value is -0.690. The van der Waals surface area contributed by atoms with Crippen molar-refractivity contribution < 1.29 is 28.5 Å². The van der Waals surface area contributed by atoms with Gasteiger partial charge in [0.05, 0.1) is 18.6 Å². The molecule has 0 bridgehead atoms. The highest BCUT2D eigenvalue weighted by Crippen LogP contribution is 2.33. The van der Waals surface area contributed by atoms with E-state index in [4.69, 9.17) is 23.7 Å². The maximum Gasteiger partial charge on any atom is 0.311 e. The molecule has 2 saturated heterocycles. The lowest BCUT2D eigenvalue weighted by Crippen LogP contribution is -2.47. The monoisotopic (exact) mass is 330 g/mol. The number of carbonyl (C=O) groups is 1. The Labute approximate surface area is 138 Å². The van der Waals surface area contributed by atoms with Crippen LogP contribution >= 0.6 is 0 Å². The zero-order valence-electron chi connectivity index (χ0n) is 15.3. The van der Waals surface area contributed by atoms with Crippen molar-refractivity contribution in [3.05, 3.63) is 0 Å². The SMILES string of the molecule is CCC(C)(C)C(=O)OC(C1COC(C)(C)O1)C1COC(C)(C)O1. The third-order valence-corrected chi connectivity index (χ3v) is 4.47. The van der Waals surface area contributed by atoms with E-state index < -0.39 is 23.1 Å². The first-order chi connectivity index (χ1) is 10.5. The van der Waals surface area contributed by atoms with Crippen LogP contribution < -0.4 is 0 Å². The first-order valence-electron chi connectivity index (χ1n) is 8.30. The minimum atomic E-state index is -0.690. The van der Waals surface area contributed by atoms with E-state index in [1.807, 2.05) is 48.5 Å². The van der Waals surface area contributed by atoms with Crippen molar-refractivity contribution in [1.29, 1.82) is 0 Å². The van der Waals surface area contributed by atoms with Gasteiger partial charge in [0.25, 0.3) is 0 Å². The van der Waals surface area contributed by atoms with E-state index in [0.717, 1.165) is 0 Å². The number of carbonyl (C=O) groups excluding carboxylic acids is 1. The minimum absolute atomic E-state index is 0.258. The highest BCUT2D eigenvalue weighted by molar-refractivity contribution is 5.76. The summed E-state index contributed by atoms with van der Waals surface area (Å²) in [7, 11) is 0. The van der Waals surface area contributed by atoms with E-state index in [1.54, 1.807) is 0 Å². The molecule has 2 heterocycles. The van der Waals surface area contributed by atoms with Crippen LogP contribution in [-0.2, 0) is 28.5 Å². The second kappa shape index (κ2) is 6.31. The van der Waals surface area contributed by atoms with Gasteiger partial charge in [-0.15, -0.1) is 0 Å². The molecular formula is C17H30O6. The van der Waals surface area contributed by atoms with Crippen molar-refractivity contribution in [3.63, 3.8) is 0 Å². The molecule has 0 radical (unpaired) electrons. The van der Waals surface area contributed by atoms with Crippen molar-refractivity contribution in [2.24, 2.45) is 5.41 Å². The van der Waals surface area contributed by atoms with Gasteiger partial charge in [-0.2, -0.15) is 0 Å². The maximum absolute atomic E-state index is 12.5. The molecule has 0 aromatic carbocycles. The van der Waals surface area contributed by atoms with Gasteiger partial charge in [-0.05, 0) is 48.0 Å². The van der Waals surface area contributed by atoms with E-state index in [1.165, 1.54) is 0 Å². The summed E-state index contributed by atoms with van der Waals surface area (Å²) in [4.78, 5) is 12.5. The predicted molar refractivity (Wildman–Crippen MR) is 83.8 cm³/mol. The van der Waals surface area contributed by atoms with Crippen LogP contribution in [0.2, 0.25) is 0 Å². The van der Waals surface area contributed by atoms with Crippen LogP contribution in [0, 0.1) is 5.41 Å². The molecule has 6 heteroatoms. The lowest BCUT2D eigenvalue weighted by atomic mass is 9.90. The minimum Gasteiger partial charge on any atom is -0.456 e. The quantitative estimate of drug-likeness (QED) is 0.722. The van der Waals surface area contributed by atoms with Gasteiger partial charge in [0.15, 0.2) is 17.7 Å². The number of esters is 1. The normalized spacial score (nSPS) is 31.1. The first-order valence-corrected chi connectivity index (χ1v) is 8.30. The molecular weight excluding hydrogens is 300 g/mol. The molecule has 0 saturated carbocycles. The molecule has 0 aromatic rings. The molecule has 0 aromatic heterocycles. The summed E-state index contributed by atoms with van der Waals surface area (Å²) >= 11 is 0. The molecule has 2 aliphatic heterocycles. The molecule has 2 aliphatic rings. The second-order valence-electron chi connectivity index (χ2n) is 7.84. The molecule has 134 valence electrons. The Morgan fingerprint density at radius 3 is 1.83 bits per heavy atom. The van der Waals surface area contributed by atoms with Crippen molar-refractivity contribution in [3.8, 4) is 0 Å². The lowest BCUT2D eigenvalue weighted by molar-refractivity contribution is -0.200. The van der Waals surface area contributed by atoms with E-state index >= 15 is 0 Å². The van der Waals surface area contributed by atoms with Gasteiger partial charge in [-0.1, -0.05) is 6.92 Å². The number of ether oxygens (including phenoxy) is 5. The van der Waals surface area contributed by atoms with Gasteiger partial charge < -0.3 is 23.7 Å². The van der Waals surface area contributed by atoms with E-state index in [-0.39, 0.29) is 18.2 Å². The predicted octanol–water partition coefficient (Wildman–Crippen LogP) is 2.64. The Morgan fingerprint density at radius 2 is 1.52 bits per heavy atom. The molecule has 0 spiro atoms. The smallest absolute Gasteiger partial charge is 0.311 e. The van der Waals surface area contributed by atoms with Gasteiger partial charge >= 0.3 is 5.97 Å². The molecule has 0 amide bonds. The highest BCUT2D eigenvalue weighted by atomic mass is 16.8. The Kier molecular flexibility index (Phi) is 5.12. The van der Waals surface area contributed by atoms with Gasteiger partial charge in [0.2, 0.25) is 0 Å². The van der Waals surface area contributed by atoms with Crippen LogP contribution in [0.1, 0.15) is 54.9 Å². The molecule has 2 rings (SSSR count). The van der Waals surface area contributed by atoms with E-state index in [2.05, 4.69) is 0 Å². The number of hydrogen-bond acceptors (Lipinski definition) is 6. The fourth-order valence-corrected chi connectivity index (χ4v) is 2.57. The molecule has 6 nitrogen and oxygen atoms in total. The average Bonchev–Trinajstić information content (AvgIpc) is 2.97. The summed E-state index contributed by atoms with van der Waals surface area (Å²) in [5, 5.41) is 0. The standard InChI is InChI=1S/C17H30O6/c1-8-15(2,3)14(18)21-13(11-9-19-16(4,5)22-11)12-10-20-17(6,7)23-12/h11-13H,8-10H2,1-7H3. The number of rotatable bonds is 5. The zero-order valence-corrected chi connectivity index (χ0v) is 15.3. The summed E-state index contributed by atoms with van der Waals surface area (Å²) < 4.78 is 28.9. The Bertz CT molecular complexity index is 416. The third kappa shape index (κ3) is 4.44. The van der Waals surface area contributed by atoms with Crippen molar-refractivity contribution in [2.45, 2.75) is 84.8 Å². The van der Waals surface area contributed by atoms with Crippen LogP contribution in [0.3, 0.4) is 0 Å². The lowest BCUT2D eigenvalue weighted by Gasteiger charge is -2.31. The number of hydrogen-bond donors (Lipinski definition) is 0. The summed E-state index contributed by atoms with van der Waals surface area (Å²) in [6.45, 7) is 13.8. The summed E-state index contributed by atoms with van der Waals surface area (Å²) in [5.41, 5.74) is -0.553. The van der Waals surface area contributed by atoms with Crippen molar-refractivity contribution >= 4 is 5.97 Å². The summed E-state index contributed by atoms with van der Waals surface area (Å²) in [6.07, 6.45) is -0.607. The first kappa shape index (κ1) is 18.6. The highest BCUT2D eigenvalue weighted by Gasteiger charge is 2.48. The molecule has 0 N–H and O–H groups in total. The molecule has 23 heavy (non-hydrogen) atoms. The molecule has 2 unspecified atom stereocenters. The summed E-state index contributed by atoms with van der Waals surface area (Å²) in [5.74, 6) is -1.64. The van der Waals surface area contributed by atoms with Crippen LogP contribution in [0.15, 0.2) is 0 Å². The Morgan fingerprint density at radius 1 is 1.09 bits per heavy atom. The van der Waals surface area contributed by atoms with Crippen LogP contribution in [-0.4, -0.2) is 49.1 Å². The van der Waals surface area contributed by atoms with Crippen molar-refractivity contribution in [1.82, 2.24) is 0 Å². The third-order valence-electron chi connectivity index (χ3n) is 4.47. The van der Waals surface area contributed by atoms with Gasteiger partial charge in [0.1, 0.15) is 12.2 Å². The average molecular weight is 330 g/mol. The van der Waals surface area contributed by atoms with Gasteiger partial charge in [0, 0.05) is 0 Å². The van der Waals surface area contributed by atoms with Crippen LogP contribution in [0.25, 0.3) is 0 Å². The topological polar surface area (TPSA) is 63.2 Å². The molecule has 2 atom stereocenters. The van der Waals surface area contributed by atoms with E-state index in [9.17, 15) is 4.79 Å². The van der Waals surface area contributed by atoms with Crippen molar-refractivity contribution in [2.75, 3.05) is 13.2 Å². The van der Waals surface area contributed by atoms with Gasteiger partial charge in [-0.25, -0.2) is 0 Å². The largest absolute Gasteiger partial charge is 0.456 e. The van der Waals surface area contributed by atoms with Crippen LogP contribution in [0.5, 0.6) is 0 Å². The van der Waals surface area contributed by atoms with Gasteiger partial charge in [-0.3, -0.25) is 4.79 Å². The van der Waals surface area contributed by atoms with Crippen LogP contribution in [0.4, 0.5) is 0 Å². The fourth-order valence-electron chi connectivity index (χ4n) is 2.57. The summed E-state index contributed by atoms with van der Waals surface area (Å²) in [6, 6.07) is 0. The maximum atomic E-state index is 12.5. The molecule has 2 fully saturated rings. The van der Waals surface area contributed by atoms with E-state index in [0.29, 0.717) is 19.6 Å². The molecule has 0 aliphatic carbocycles. The Balaban J connectivity index is 2.14. The fraction of sp³-hybridized carbons (Fsp3) is 0.941. The zero-order chi connectivity index (χ0) is 17.5. The second-order valence-corrected chi connectivity index (χ2v) is 7.84.